The summed E-state index contributed by atoms with van der Waals surface area (Å²) in [6.45, 7) is 2.52. The van der Waals surface area contributed by atoms with E-state index in [0.29, 0.717) is 32.5 Å². The molecule has 0 aromatic heterocycles. The van der Waals surface area contributed by atoms with E-state index in [9.17, 15) is 22.8 Å². The van der Waals surface area contributed by atoms with E-state index < -0.39 is 24.8 Å². The van der Waals surface area contributed by atoms with Gasteiger partial charge in [-0.1, -0.05) is 0 Å². The van der Waals surface area contributed by atoms with Gasteiger partial charge in [0, 0.05) is 13.1 Å². The first kappa shape index (κ1) is 17.7. The molecule has 1 fully saturated rings. The first-order valence-corrected chi connectivity index (χ1v) is 6.88. The van der Waals surface area contributed by atoms with Gasteiger partial charge in [0.15, 0.2) is 0 Å². The Hall–Kier alpha value is -1.31. The molecule has 1 amide bonds. The zero-order chi connectivity index (χ0) is 16.0. The van der Waals surface area contributed by atoms with Gasteiger partial charge in [0.2, 0.25) is 0 Å². The number of carbonyl (C=O) groups is 2. The van der Waals surface area contributed by atoms with Crippen LogP contribution < -0.4 is 0 Å². The SMILES string of the molecule is CCOC(=O)C1CCN(C(=O)C(C)OCC(F)(F)F)CC1. The molecule has 0 aromatic rings. The van der Waals surface area contributed by atoms with Crippen molar-refractivity contribution in [2.24, 2.45) is 5.92 Å². The van der Waals surface area contributed by atoms with Crippen LogP contribution in [0.5, 0.6) is 0 Å². The summed E-state index contributed by atoms with van der Waals surface area (Å²) < 4.78 is 45.5. The smallest absolute Gasteiger partial charge is 0.411 e. The van der Waals surface area contributed by atoms with Crippen LogP contribution >= 0.6 is 0 Å². The average molecular weight is 311 g/mol. The second kappa shape index (κ2) is 7.63. The Morgan fingerprint density at radius 1 is 1.29 bits per heavy atom. The number of hydrogen-bond donors (Lipinski definition) is 0. The highest BCUT2D eigenvalue weighted by molar-refractivity contribution is 5.81. The molecule has 0 radical (unpaired) electrons. The van der Waals surface area contributed by atoms with E-state index in [4.69, 9.17) is 4.74 Å². The van der Waals surface area contributed by atoms with E-state index in [2.05, 4.69) is 4.74 Å². The van der Waals surface area contributed by atoms with Crippen molar-refractivity contribution < 1.29 is 32.2 Å². The lowest BCUT2D eigenvalue weighted by atomic mass is 9.97. The van der Waals surface area contributed by atoms with Gasteiger partial charge in [-0.05, 0) is 26.7 Å². The molecule has 1 atom stereocenters. The largest absolute Gasteiger partial charge is 0.466 e. The quantitative estimate of drug-likeness (QED) is 0.726. The molecule has 1 aliphatic heterocycles. The van der Waals surface area contributed by atoms with Gasteiger partial charge in [0.05, 0.1) is 12.5 Å². The maximum absolute atomic E-state index is 12.0. The highest BCUT2D eigenvalue weighted by Crippen LogP contribution is 2.20. The van der Waals surface area contributed by atoms with Crippen LogP contribution in [0.4, 0.5) is 13.2 Å². The number of nitrogens with zero attached hydrogens (tertiary/aromatic N) is 1. The van der Waals surface area contributed by atoms with Crippen LogP contribution in [0.3, 0.4) is 0 Å². The number of esters is 1. The van der Waals surface area contributed by atoms with E-state index in [1.807, 2.05) is 0 Å². The van der Waals surface area contributed by atoms with Crippen molar-refractivity contribution in [1.29, 1.82) is 0 Å². The van der Waals surface area contributed by atoms with Crippen molar-refractivity contribution in [3.8, 4) is 0 Å². The summed E-state index contributed by atoms with van der Waals surface area (Å²) in [7, 11) is 0. The molecular formula is C13H20F3NO4. The number of hydrogen-bond acceptors (Lipinski definition) is 4. The standard InChI is InChI=1S/C13H20F3NO4/c1-3-20-12(19)10-4-6-17(7-5-10)11(18)9(2)21-8-13(14,15)16/h9-10H,3-8H2,1-2H3. The molecule has 1 rings (SSSR count). The number of ether oxygens (including phenoxy) is 2. The van der Waals surface area contributed by atoms with Gasteiger partial charge in [-0.15, -0.1) is 0 Å². The van der Waals surface area contributed by atoms with Crippen molar-refractivity contribution in [2.75, 3.05) is 26.3 Å². The van der Waals surface area contributed by atoms with Crippen LogP contribution in [0.15, 0.2) is 0 Å². The highest BCUT2D eigenvalue weighted by atomic mass is 19.4. The number of alkyl halides is 3. The Balaban J connectivity index is 2.39. The monoisotopic (exact) mass is 311 g/mol. The Morgan fingerprint density at radius 3 is 2.33 bits per heavy atom. The molecule has 21 heavy (non-hydrogen) atoms. The van der Waals surface area contributed by atoms with Gasteiger partial charge < -0.3 is 14.4 Å². The van der Waals surface area contributed by atoms with E-state index in [-0.39, 0.29) is 11.9 Å². The molecule has 0 spiro atoms. The van der Waals surface area contributed by atoms with Crippen LogP contribution in [0.25, 0.3) is 0 Å². The third-order valence-corrected chi connectivity index (χ3v) is 3.27. The number of piperidine rings is 1. The summed E-state index contributed by atoms with van der Waals surface area (Å²) in [4.78, 5) is 24.9. The molecule has 1 saturated heterocycles. The van der Waals surface area contributed by atoms with Crippen LogP contribution in [0.1, 0.15) is 26.7 Å². The zero-order valence-corrected chi connectivity index (χ0v) is 12.1. The second-order valence-corrected chi connectivity index (χ2v) is 4.92. The molecule has 122 valence electrons. The zero-order valence-electron chi connectivity index (χ0n) is 12.1. The van der Waals surface area contributed by atoms with Gasteiger partial charge in [-0.3, -0.25) is 9.59 Å². The molecule has 0 aromatic carbocycles. The van der Waals surface area contributed by atoms with Crippen molar-refractivity contribution in [3.05, 3.63) is 0 Å². The molecule has 0 bridgehead atoms. The fourth-order valence-electron chi connectivity index (χ4n) is 2.14. The van der Waals surface area contributed by atoms with Crippen LogP contribution in [0.2, 0.25) is 0 Å². The summed E-state index contributed by atoms with van der Waals surface area (Å²) in [6, 6.07) is 0. The molecule has 0 N–H and O–H groups in total. The number of likely N-dealkylation sites (tertiary alicyclic amines) is 1. The minimum atomic E-state index is -4.45. The van der Waals surface area contributed by atoms with E-state index in [1.165, 1.54) is 11.8 Å². The third-order valence-electron chi connectivity index (χ3n) is 3.27. The number of carbonyl (C=O) groups excluding carboxylic acids is 2. The summed E-state index contributed by atoms with van der Waals surface area (Å²) in [6.07, 6.45) is -4.69. The summed E-state index contributed by atoms with van der Waals surface area (Å²) in [5.74, 6) is -1.02. The first-order valence-electron chi connectivity index (χ1n) is 6.88. The van der Waals surface area contributed by atoms with Crippen molar-refractivity contribution in [3.63, 3.8) is 0 Å². The molecule has 5 nitrogen and oxygen atoms in total. The predicted octanol–water partition coefficient (Wildman–Crippen LogP) is 1.76. The highest BCUT2D eigenvalue weighted by Gasteiger charge is 2.33. The Labute approximate surface area is 121 Å². The number of halogens is 3. The van der Waals surface area contributed by atoms with Crippen molar-refractivity contribution in [1.82, 2.24) is 4.90 Å². The average Bonchev–Trinajstić information content (AvgIpc) is 2.43. The fraction of sp³-hybridized carbons (Fsp3) is 0.846. The summed E-state index contributed by atoms with van der Waals surface area (Å²) >= 11 is 0. The number of amides is 1. The van der Waals surface area contributed by atoms with Crippen molar-refractivity contribution >= 4 is 11.9 Å². The predicted molar refractivity (Wildman–Crippen MR) is 67.4 cm³/mol. The third kappa shape index (κ3) is 5.91. The van der Waals surface area contributed by atoms with E-state index in [1.54, 1.807) is 6.92 Å². The van der Waals surface area contributed by atoms with Crippen LogP contribution in [-0.2, 0) is 19.1 Å². The van der Waals surface area contributed by atoms with Crippen LogP contribution in [-0.4, -0.2) is 55.4 Å². The lowest BCUT2D eigenvalue weighted by Crippen LogP contribution is -2.45. The second-order valence-electron chi connectivity index (χ2n) is 4.92. The van der Waals surface area contributed by atoms with Gasteiger partial charge in [-0.25, -0.2) is 0 Å². The Bertz CT molecular complexity index is 365. The Kier molecular flexibility index (Phi) is 6.44. The molecular weight excluding hydrogens is 291 g/mol. The molecule has 8 heteroatoms. The van der Waals surface area contributed by atoms with E-state index in [0.717, 1.165) is 0 Å². The topological polar surface area (TPSA) is 55.8 Å². The van der Waals surface area contributed by atoms with Crippen LogP contribution in [0, 0.1) is 5.92 Å². The van der Waals surface area contributed by atoms with Crippen molar-refractivity contribution in [2.45, 2.75) is 39.0 Å². The normalized spacial score (nSPS) is 18.4. The maximum Gasteiger partial charge on any atom is 0.411 e. The molecule has 0 saturated carbocycles. The van der Waals surface area contributed by atoms with E-state index >= 15 is 0 Å². The molecule has 1 aliphatic rings. The fourth-order valence-corrected chi connectivity index (χ4v) is 2.14. The first-order chi connectivity index (χ1) is 9.74. The minimum absolute atomic E-state index is 0.250. The lowest BCUT2D eigenvalue weighted by Gasteiger charge is -2.32. The van der Waals surface area contributed by atoms with Gasteiger partial charge >= 0.3 is 12.1 Å². The Morgan fingerprint density at radius 2 is 1.86 bits per heavy atom. The van der Waals surface area contributed by atoms with Gasteiger partial charge in [0.1, 0.15) is 12.7 Å². The molecule has 1 unspecified atom stereocenters. The lowest BCUT2D eigenvalue weighted by molar-refractivity contribution is -0.189. The van der Waals surface area contributed by atoms with Gasteiger partial charge in [0.25, 0.3) is 5.91 Å². The maximum atomic E-state index is 12.0. The number of rotatable bonds is 5. The minimum Gasteiger partial charge on any atom is -0.466 e. The van der Waals surface area contributed by atoms with Gasteiger partial charge in [-0.2, -0.15) is 13.2 Å². The molecule has 0 aliphatic carbocycles. The molecule has 1 heterocycles. The summed E-state index contributed by atoms with van der Waals surface area (Å²) in [5.41, 5.74) is 0. The summed E-state index contributed by atoms with van der Waals surface area (Å²) in [5, 5.41) is 0.